The lowest BCUT2D eigenvalue weighted by Crippen LogP contribution is -2.10. The molecule has 0 aliphatic heterocycles. The highest BCUT2D eigenvalue weighted by molar-refractivity contribution is 5.90. The van der Waals surface area contributed by atoms with Gasteiger partial charge in [0.05, 0.1) is 5.52 Å². The first-order valence-corrected chi connectivity index (χ1v) is 8.15. The number of nitrogens with one attached hydrogen (secondary N) is 2. The Kier molecular flexibility index (Phi) is 5.04. The average molecular weight is 306 g/mol. The Morgan fingerprint density at radius 1 is 0.826 bits per heavy atom. The number of hydrogen-bond acceptors (Lipinski definition) is 4. The zero-order valence-electron chi connectivity index (χ0n) is 13.4. The Labute approximate surface area is 137 Å². The third kappa shape index (κ3) is 3.97. The Balaban J connectivity index is 1.77. The summed E-state index contributed by atoms with van der Waals surface area (Å²) < 4.78 is 0. The second kappa shape index (κ2) is 7.58. The third-order valence-electron chi connectivity index (χ3n) is 3.69. The Morgan fingerprint density at radius 3 is 2.43 bits per heavy atom. The van der Waals surface area contributed by atoms with E-state index in [2.05, 4.69) is 57.9 Å². The predicted molar refractivity (Wildman–Crippen MR) is 97.0 cm³/mol. The molecule has 1 aromatic heterocycles. The molecule has 0 atom stereocenters. The quantitative estimate of drug-likeness (QED) is 0.690. The lowest BCUT2D eigenvalue weighted by atomic mass is 10.1. The van der Waals surface area contributed by atoms with Crippen LogP contribution in [0.2, 0.25) is 0 Å². The van der Waals surface area contributed by atoms with Crippen LogP contribution in [0.4, 0.5) is 11.8 Å². The van der Waals surface area contributed by atoms with Crippen molar-refractivity contribution in [1.29, 1.82) is 0 Å². The fraction of sp³-hybridized carbons (Fsp3) is 0.263. The number of aromatic nitrogens is 2. The van der Waals surface area contributed by atoms with E-state index in [0.717, 1.165) is 42.7 Å². The molecule has 1 heterocycles. The van der Waals surface area contributed by atoms with Gasteiger partial charge in [0.2, 0.25) is 5.95 Å². The van der Waals surface area contributed by atoms with E-state index in [0.29, 0.717) is 5.95 Å². The fourth-order valence-corrected chi connectivity index (χ4v) is 2.50. The Bertz CT molecular complexity index is 756. The molecule has 118 valence electrons. The van der Waals surface area contributed by atoms with Crippen molar-refractivity contribution in [3.8, 4) is 0 Å². The van der Waals surface area contributed by atoms with E-state index >= 15 is 0 Å². The third-order valence-corrected chi connectivity index (χ3v) is 3.69. The molecule has 2 aromatic carbocycles. The first kappa shape index (κ1) is 15.3. The lowest BCUT2D eigenvalue weighted by Gasteiger charge is -2.11. The number of hydrogen-bond donors (Lipinski definition) is 2. The molecule has 0 amide bonds. The van der Waals surface area contributed by atoms with Gasteiger partial charge in [0.1, 0.15) is 5.82 Å². The van der Waals surface area contributed by atoms with E-state index in [1.165, 1.54) is 5.56 Å². The van der Waals surface area contributed by atoms with Crippen LogP contribution in [-0.4, -0.2) is 23.1 Å². The van der Waals surface area contributed by atoms with Crippen LogP contribution in [0.5, 0.6) is 0 Å². The average Bonchev–Trinajstić information content (AvgIpc) is 2.61. The topological polar surface area (TPSA) is 49.8 Å². The molecule has 0 unspecified atom stereocenters. The van der Waals surface area contributed by atoms with E-state index in [1.54, 1.807) is 0 Å². The lowest BCUT2D eigenvalue weighted by molar-refractivity contribution is 0.953. The van der Waals surface area contributed by atoms with Crippen molar-refractivity contribution in [2.75, 3.05) is 23.7 Å². The number of nitrogens with zero attached hydrogens (tertiary/aromatic N) is 2. The van der Waals surface area contributed by atoms with Gasteiger partial charge in [-0.2, -0.15) is 4.98 Å². The molecule has 3 aromatic rings. The molecule has 0 bridgehead atoms. The fourth-order valence-electron chi connectivity index (χ4n) is 2.50. The summed E-state index contributed by atoms with van der Waals surface area (Å²) in [5.74, 6) is 1.58. The second-order valence-electron chi connectivity index (χ2n) is 5.50. The number of benzene rings is 2. The largest absolute Gasteiger partial charge is 0.369 e. The van der Waals surface area contributed by atoms with Crippen molar-refractivity contribution in [1.82, 2.24) is 9.97 Å². The molecule has 3 rings (SSSR count). The van der Waals surface area contributed by atoms with Gasteiger partial charge in [0.15, 0.2) is 0 Å². The Hall–Kier alpha value is -2.62. The SMILES string of the molecule is CCCNc1nc(NCCc2ccccc2)c2ccccc2n1. The van der Waals surface area contributed by atoms with Crippen LogP contribution in [0, 0.1) is 0 Å². The summed E-state index contributed by atoms with van der Waals surface area (Å²) in [6, 6.07) is 18.6. The van der Waals surface area contributed by atoms with Gasteiger partial charge in [-0.3, -0.25) is 0 Å². The number of rotatable bonds is 7. The Morgan fingerprint density at radius 2 is 1.61 bits per heavy atom. The zero-order chi connectivity index (χ0) is 15.9. The molecule has 2 N–H and O–H groups in total. The van der Waals surface area contributed by atoms with Crippen LogP contribution in [0.25, 0.3) is 10.9 Å². The maximum absolute atomic E-state index is 4.64. The van der Waals surface area contributed by atoms with Crippen LogP contribution in [0.15, 0.2) is 54.6 Å². The van der Waals surface area contributed by atoms with Crippen LogP contribution in [0.1, 0.15) is 18.9 Å². The standard InChI is InChI=1S/C19H22N4/c1-2-13-21-19-22-17-11-7-6-10-16(17)18(23-19)20-14-12-15-8-4-3-5-9-15/h3-11H,2,12-14H2,1H3,(H2,20,21,22,23). The van der Waals surface area contributed by atoms with Crippen LogP contribution in [-0.2, 0) is 6.42 Å². The second-order valence-corrected chi connectivity index (χ2v) is 5.50. The van der Waals surface area contributed by atoms with E-state index in [1.807, 2.05) is 24.3 Å². The molecule has 4 nitrogen and oxygen atoms in total. The first-order chi connectivity index (χ1) is 11.4. The van der Waals surface area contributed by atoms with Crippen molar-refractivity contribution in [2.45, 2.75) is 19.8 Å². The van der Waals surface area contributed by atoms with Crippen molar-refractivity contribution < 1.29 is 0 Å². The van der Waals surface area contributed by atoms with Gasteiger partial charge in [0.25, 0.3) is 0 Å². The number of para-hydroxylation sites is 1. The van der Waals surface area contributed by atoms with Gasteiger partial charge >= 0.3 is 0 Å². The summed E-state index contributed by atoms with van der Waals surface area (Å²) in [6.07, 6.45) is 2.02. The highest BCUT2D eigenvalue weighted by Crippen LogP contribution is 2.21. The molecular weight excluding hydrogens is 284 g/mol. The molecule has 0 aliphatic carbocycles. The molecule has 4 heteroatoms. The van der Waals surface area contributed by atoms with Crippen LogP contribution in [0.3, 0.4) is 0 Å². The summed E-state index contributed by atoms with van der Waals surface area (Å²) in [5.41, 5.74) is 2.28. The minimum Gasteiger partial charge on any atom is -0.369 e. The molecule has 0 aliphatic rings. The highest BCUT2D eigenvalue weighted by Gasteiger charge is 2.06. The number of fused-ring (bicyclic) bond motifs is 1. The molecular formula is C19H22N4. The maximum Gasteiger partial charge on any atom is 0.225 e. The summed E-state index contributed by atoms with van der Waals surface area (Å²) >= 11 is 0. The van der Waals surface area contributed by atoms with Crippen LogP contribution < -0.4 is 10.6 Å². The minimum absolute atomic E-state index is 0.688. The molecule has 0 saturated carbocycles. The van der Waals surface area contributed by atoms with Crippen LogP contribution >= 0.6 is 0 Å². The van der Waals surface area contributed by atoms with Gasteiger partial charge in [-0.05, 0) is 30.5 Å². The highest BCUT2D eigenvalue weighted by atomic mass is 15.1. The molecule has 0 spiro atoms. The monoisotopic (exact) mass is 306 g/mol. The van der Waals surface area contributed by atoms with Crippen molar-refractivity contribution >= 4 is 22.7 Å². The van der Waals surface area contributed by atoms with Crippen molar-refractivity contribution in [3.63, 3.8) is 0 Å². The zero-order valence-corrected chi connectivity index (χ0v) is 13.4. The van der Waals surface area contributed by atoms with E-state index in [-0.39, 0.29) is 0 Å². The van der Waals surface area contributed by atoms with Gasteiger partial charge in [-0.15, -0.1) is 0 Å². The van der Waals surface area contributed by atoms with Gasteiger partial charge in [0, 0.05) is 18.5 Å². The smallest absolute Gasteiger partial charge is 0.225 e. The summed E-state index contributed by atoms with van der Waals surface area (Å²) in [7, 11) is 0. The number of anilines is 2. The maximum atomic E-state index is 4.64. The minimum atomic E-state index is 0.688. The summed E-state index contributed by atoms with van der Waals surface area (Å²) in [4.78, 5) is 9.21. The predicted octanol–water partition coefficient (Wildman–Crippen LogP) is 4.11. The van der Waals surface area contributed by atoms with Gasteiger partial charge in [-0.1, -0.05) is 49.4 Å². The summed E-state index contributed by atoms with van der Waals surface area (Å²) in [5, 5.41) is 7.79. The molecule has 23 heavy (non-hydrogen) atoms. The first-order valence-electron chi connectivity index (χ1n) is 8.15. The molecule has 0 fully saturated rings. The van der Waals surface area contributed by atoms with E-state index in [4.69, 9.17) is 0 Å². The molecule has 0 radical (unpaired) electrons. The summed E-state index contributed by atoms with van der Waals surface area (Å²) in [6.45, 7) is 3.85. The van der Waals surface area contributed by atoms with Crippen molar-refractivity contribution in [2.24, 2.45) is 0 Å². The van der Waals surface area contributed by atoms with Gasteiger partial charge < -0.3 is 10.6 Å². The van der Waals surface area contributed by atoms with E-state index < -0.39 is 0 Å². The molecule has 0 saturated heterocycles. The normalized spacial score (nSPS) is 10.7. The van der Waals surface area contributed by atoms with Gasteiger partial charge in [-0.25, -0.2) is 4.98 Å². The van der Waals surface area contributed by atoms with E-state index in [9.17, 15) is 0 Å². The van der Waals surface area contributed by atoms with Crippen molar-refractivity contribution in [3.05, 3.63) is 60.2 Å².